The Morgan fingerprint density at radius 2 is 1.90 bits per heavy atom. The zero-order valence-electron chi connectivity index (χ0n) is 17.0. The number of alkyl halides is 3. The third kappa shape index (κ3) is 6.19. The first-order chi connectivity index (χ1) is 13.8. The van der Waals surface area contributed by atoms with Gasteiger partial charge >= 0.3 is 6.18 Å². The van der Waals surface area contributed by atoms with Gasteiger partial charge in [-0.25, -0.2) is 0 Å². The number of rotatable bonds is 6. The summed E-state index contributed by atoms with van der Waals surface area (Å²) < 4.78 is 45.1. The van der Waals surface area contributed by atoms with Gasteiger partial charge in [0.25, 0.3) is 0 Å². The quantitative estimate of drug-likeness (QED) is 0.705. The molecule has 1 aliphatic carbocycles. The van der Waals surface area contributed by atoms with Crippen molar-refractivity contribution in [2.45, 2.75) is 51.4 Å². The second-order valence-corrected chi connectivity index (χ2v) is 8.32. The Morgan fingerprint density at radius 3 is 2.55 bits per heavy atom. The molecule has 1 saturated heterocycles. The molecule has 1 heterocycles. The molecule has 3 atom stereocenters. The van der Waals surface area contributed by atoms with Crippen LogP contribution in [0, 0.1) is 11.8 Å². The average molecular weight is 412 g/mol. The molecule has 2 fully saturated rings. The van der Waals surface area contributed by atoms with Gasteiger partial charge in [0.2, 0.25) is 5.91 Å². The van der Waals surface area contributed by atoms with E-state index in [0.717, 1.165) is 18.7 Å². The molecule has 7 heteroatoms. The molecule has 0 aromatic heterocycles. The summed E-state index contributed by atoms with van der Waals surface area (Å²) in [5.74, 6) is -2.05. The molecular weight excluding hydrogens is 381 g/mol. The van der Waals surface area contributed by atoms with Crippen LogP contribution in [-0.4, -0.2) is 60.8 Å². The minimum atomic E-state index is -4.22. The number of nitrogens with zero attached hydrogens (tertiary/aromatic N) is 2. The van der Waals surface area contributed by atoms with Gasteiger partial charge in [0.1, 0.15) is 0 Å². The highest BCUT2D eigenvalue weighted by atomic mass is 19.4. The lowest BCUT2D eigenvalue weighted by atomic mass is 9.80. The van der Waals surface area contributed by atoms with Crippen LogP contribution in [0.25, 0.3) is 0 Å². The Hall–Kier alpha value is -1.60. The monoisotopic (exact) mass is 412 g/mol. The Labute approximate surface area is 171 Å². The number of hydrogen-bond donors (Lipinski definition) is 0. The van der Waals surface area contributed by atoms with Crippen LogP contribution in [0.1, 0.15) is 38.2 Å². The highest BCUT2D eigenvalue weighted by Gasteiger charge is 2.44. The van der Waals surface area contributed by atoms with E-state index >= 15 is 0 Å². The van der Waals surface area contributed by atoms with Gasteiger partial charge in [0.15, 0.2) is 0 Å². The van der Waals surface area contributed by atoms with Crippen LogP contribution >= 0.6 is 0 Å². The van der Waals surface area contributed by atoms with Gasteiger partial charge < -0.3 is 9.64 Å². The van der Waals surface area contributed by atoms with Crippen LogP contribution in [0.2, 0.25) is 0 Å². The lowest BCUT2D eigenvalue weighted by molar-refractivity contribution is -0.187. The van der Waals surface area contributed by atoms with Crippen LogP contribution in [0.4, 0.5) is 13.2 Å². The van der Waals surface area contributed by atoms with E-state index in [0.29, 0.717) is 39.1 Å². The predicted molar refractivity (Wildman–Crippen MR) is 105 cm³/mol. The van der Waals surface area contributed by atoms with E-state index in [1.807, 2.05) is 37.3 Å². The molecule has 1 aromatic rings. The number of hydrogen-bond acceptors (Lipinski definition) is 3. The van der Waals surface area contributed by atoms with Crippen LogP contribution in [-0.2, 0) is 16.1 Å². The van der Waals surface area contributed by atoms with Crippen LogP contribution in [0.3, 0.4) is 0 Å². The molecule has 2 aliphatic rings. The van der Waals surface area contributed by atoms with Crippen molar-refractivity contribution >= 4 is 5.91 Å². The van der Waals surface area contributed by atoms with Crippen LogP contribution < -0.4 is 0 Å². The lowest BCUT2D eigenvalue weighted by Gasteiger charge is -2.38. The van der Waals surface area contributed by atoms with Crippen molar-refractivity contribution < 1.29 is 22.7 Å². The van der Waals surface area contributed by atoms with Crippen molar-refractivity contribution in [3.05, 3.63) is 35.9 Å². The highest BCUT2D eigenvalue weighted by Crippen LogP contribution is 2.40. The lowest BCUT2D eigenvalue weighted by Crippen LogP contribution is -2.50. The van der Waals surface area contributed by atoms with Gasteiger partial charge in [-0.15, -0.1) is 0 Å². The van der Waals surface area contributed by atoms with Gasteiger partial charge in [0, 0.05) is 38.1 Å². The maximum Gasteiger partial charge on any atom is 0.391 e. The zero-order valence-corrected chi connectivity index (χ0v) is 17.0. The summed E-state index contributed by atoms with van der Waals surface area (Å²) in [7, 11) is 0. The summed E-state index contributed by atoms with van der Waals surface area (Å²) in [6.07, 6.45) is -3.17. The Morgan fingerprint density at radius 1 is 1.21 bits per heavy atom. The minimum Gasteiger partial charge on any atom is -0.379 e. The number of ether oxygens (including phenoxy) is 1. The minimum absolute atomic E-state index is 0.0768. The smallest absolute Gasteiger partial charge is 0.379 e. The van der Waals surface area contributed by atoms with Crippen molar-refractivity contribution in [2.75, 3.05) is 32.8 Å². The molecule has 3 unspecified atom stereocenters. The normalized spacial score (nSPS) is 24.8. The molecule has 1 saturated carbocycles. The van der Waals surface area contributed by atoms with Gasteiger partial charge in [-0.2, -0.15) is 13.2 Å². The number of amides is 1. The van der Waals surface area contributed by atoms with Gasteiger partial charge in [-0.05, 0) is 31.7 Å². The van der Waals surface area contributed by atoms with Crippen molar-refractivity contribution in [2.24, 2.45) is 11.8 Å². The molecule has 0 spiro atoms. The van der Waals surface area contributed by atoms with E-state index in [1.165, 1.54) is 0 Å². The van der Waals surface area contributed by atoms with Crippen LogP contribution in [0.5, 0.6) is 0 Å². The largest absolute Gasteiger partial charge is 0.391 e. The maximum absolute atomic E-state index is 13.4. The Balaban J connectivity index is 1.73. The Bertz CT molecular complexity index is 647. The third-order valence-corrected chi connectivity index (χ3v) is 6.12. The predicted octanol–water partition coefficient (Wildman–Crippen LogP) is 4.10. The van der Waals surface area contributed by atoms with E-state index in [1.54, 1.807) is 4.90 Å². The summed E-state index contributed by atoms with van der Waals surface area (Å²) in [6.45, 7) is 6.12. The van der Waals surface area contributed by atoms with Crippen molar-refractivity contribution in [1.82, 2.24) is 9.80 Å². The average Bonchev–Trinajstić information content (AvgIpc) is 2.72. The molecule has 1 amide bonds. The number of benzene rings is 1. The number of carbonyl (C=O) groups excluding carboxylic acids is 1. The summed E-state index contributed by atoms with van der Waals surface area (Å²) in [5.41, 5.74) is 0.998. The summed E-state index contributed by atoms with van der Waals surface area (Å²) in [5, 5.41) is 0. The number of halogens is 3. The number of morpholine rings is 1. The Kier molecular flexibility index (Phi) is 7.57. The molecule has 0 radical (unpaired) electrons. The van der Waals surface area contributed by atoms with E-state index in [2.05, 4.69) is 4.90 Å². The first-order valence-corrected chi connectivity index (χ1v) is 10.6. The van der Waals surface area contributed by atoms with E-state index < -0.39 is 18.0 Å². The number of carbonyl (C=O) groups is 1. The second kappa shape index (κ2) is 9.94. The third-order valence-electron chi connectivity index (χ3n) is 6.12. The van der Waals surface area contributed by atoms with Crippen molar-refractivity contribution in [3.63, 3.8) is 0 Å². The molecular formula is C22H31F3N2O2. The van der Waals surface area contributed by atoms with Gasteiger partial charge in [0.05, 0.1) is 19.1 Å². The first-order valence-electron chi connectivity index (χ1n) is 10.6. The molecule has 0 bridgehead atoms. The standard InChI is InChI=1S/C22H31F3N2O2/c1-17(15-26-10-12-29-13-11-26)27(16-18-6-3-2-4-7-18)21(28)19-8-5-9-20(14-19)22(23,24)25/h2-4,6-7,17,19-20H,5,8-16H2,1H3. The fraction of sp³-hybridized carbons (Fsp3) is 0.682. The summed E-state index contributed by atoms with van der Waals surface area (Å²) in [4.78, 5) is 17.4. The maximum atomic E-state index is 13.4. The SMILES string of the molecule is CC(CN1CCOCC1)N(Cc1ccccc1)C(=O)C1CCCC(C(F)(F)F)C1. The fourth-order valence-corrected chi connectivity index (χ4v) is 4.43. The van der Waals surface area contributed by atoms with Gasteiger partial charge in [-0.1, -0.05) is 36.8 Å². The van der Waals surface area contributed by atoms with E-state index in [9.17, 15) is 18.0 Å². The molecule has 4 nitrogen and oxygen atoms in total. The molecule has 162 valence electrons. The topological polar surface area (TPSA) is 32.8 Å². The molecule has 1 aliphatic heterocycles. The van der Waals surface area contributed by atoms with Crippen molar-refractivity contribution in [3.8, 4) is 0 Å². The summed E-state index contributed by atoms with van der Waals surface area (Å²) >= 11 is 0. The van der Waals surface area contributed by atoms with Crippen LogP contribution in [0.15, 0.2) is 30.3 Å². The summed E-state index contributed by atoms with van der Waals surface area (Å²) in [6, 6.07) is 9.60. The zero-order chi connectivity index (χ0) is 20.9. The fourth-order valence-electron chi connectivity index (χ4n) is 4.43. The second-order valence-electron chi connectivity index (χ2n) is 8.32. The van der Waals surface area contributed by atoms with Gasteiger partial charge in [-0.3, -0.25) is 9.69 Å². The van der Waals surface area contributed by atoms with E-state index in [4.69, 9.17) is 4.74 Å². The molecule has 3 rings (SSSR count). The van der Waals surface area contributed by atoms with Crippen molar-refractivity contribution in [1.29, 1.82) is 0 Å². The molecule has 1 aromatic carbocycles. The van der Waals surface area contributed by atoms with E-state index in [-0.39, 0.29) is 24.8 Å². The first kappa shape index (κ1) is 22.1. The molecule has 0 N–H and O–H groups in total. The molecule has 29 heavy (non-hydrogen) atoms. The highest BCUT2D eigenvalue weighted by molar-refractivity contribution is 5.79.